The van der Waals surface area contributed by atoms with Crippen molar-refractivity contribution in [3.05, 3.63) is 41.5 Å². The molecule has 1 amide bonds. The van der Waals surface area contributed by atoms with Gasteiger partial charge in [-0.2, -0.15) is 0 Å². The predicted molar refractivity (Wildman–Crippen MR) is 83.5 cm³/mol. The fourth-order valence-electron chi connectivity index (χ4n) is 1.93. The maximum atomic E-state index is 12.1. The number of hydrogen-bond acceptors (Lipinski definition) is 3. The highest BCUT2D eigenvalue weighted by atomic mass is 16.2. The van der Waals surface area contributed by atoms with Crippen LogP contribution in [0.2, 0.25) is 0 Å². The lowest BCUT2D eigenvalue weighted by Gasteiger charge is -2.12. The largest absolute Gasteiger partial charge is 0.319 e. The number of nitrogens with one attached hydrogen (secondary N) is 2. The minimum atomic E-state index is -0.301. The zero-order chi connectivity index (χ0) is 15.5. The number of carbonyl (C=O) groups excluding carboxylic acids is 1. The van der Waals surface area contributed by atoms with Gasteiger partial charge in [0, 0.05) is 11.1 Å². The first-order valence-electron chi connectivity index (χ1n) is 7.23. The van der Waals surface area contributed by atoms with Crippen LogP contribution in [0.15, 0.2) is 24.3 Å². The molecule has 1 heterocycles. The molecule has 1 aromatic heterocycles. The van der Waals surface area contributed by atoms with Crippen LogP contribution in [-0.4, -0.2) is 21.1 Å². The number of benzene rings is 1. The second-order valence-electron chi connectivity index (χ2n) is 6.16. The first kappa shape index (κ1) is 15.2. The predicted octanol–water partition coefficient (Wildman–Crippen LogP) is 3.31. The Morgan fingerprint density at radius 1 is 1.24 bits per heavy atom. The molecule has 2 aromatic rings. The van der Waals surface area contributed by atoms with Crippen LogP contribution >= 0.6 is 0 Å². The van der Waals surface area contributed by atoms with E-state index in [4.69, 9.17) is 0 Å². The van der Waals surface area contributed by atoms with E-state index in [2.05, 4.69) is 27.4 Å². The van der Waals surface area contributed by atoms with Crippen LogP contribution in [0.4, 0.5) is 5.69 Å². The van der Waals surface area contributed by atoms with Gasteiger partial charge in [0.05, 0.1) is 0 Å². The Morgan fingerprint density at radius 3 is 2.43 bits per heavy atom. The number of rotatable bonds is 4. The van der Waals surface area contributed by atoms with Gasteiger partial charge in [0.2, 0.25) is 5.82 Å². The van der Waals surface area contributed by atoms with Gasteiger partial charge in [-0.1, -0.05) is 46.2 Å². The van der Waals surface area contributed by atoms with Crippen molar-refractivity contribution < 1.29 is 4.79 Å². The Bertz CT molecular complexity index is 608. The highest BCUT2D eigenvalue weighted by molar-refractivity contribution is 6.01. The number of H-pyrrole nitrogens is 1. The van der Waals surface area contributed by atoms with Gasteiger partial charge < -0.3 is 5.32 Å². The van der Waals surface area contributed by atoms with Crippen molar-refractivity contribution in [2.75, 3.05) is 5.32 Å². The molecule has 0 saturated heterocycles. The van der Waals surface area contributed by atoms with Crippen molar-refractivity contribution in [1.82, 2.24) is 15.2 Å². The summed E-state index contributed by atoms with van der Waals surface area (Å²) in [4.78, 5) is 16.4. The number of amides is 1. The van der Waals surface area contributed by atoms with Crippen LogP contribution in [0.1, 0.15) is 56.1 Å². The molecule has 21 heavy (non-hydrogen) atoms. The molecule has 0 aliphatic carbocycles. The molecule has 112 valence electrons. The molecule has 5 nitrogen and oxygen atoms in total. The summed E-state index contributed by atoms with van der Waals surface area (Å²) in [5.41, 5.74) is 1.86. The van der Waals surface area contributed by atoms with Crippen LogP contribution in [0.5, 0.6) is 0 Å². The lowest BCUT2D eigenvalue weighted by Crippen LogP contribution is -2.16. The molecule has 2 rings (SSSR count). The number of nitrogens with zero attached hydrogens (tertiary/aromatic N) is 2. The first-order valence-corrected chi connectivity index (χ1v) is 7.23. The smallest absolute Gasteiger partial charge is 0.295 e. The molecule has 5 heteroatoms. The summed E-state index contributed by atoms with van der Waals surface area (Å²) in [7, 11) is 0. The third-order valence-electron chi connectivity index (χ3n) is 3.15. The van der Waals surface area contributed by atoms with E-state index < -0.39 is 0 Å². The van der Waals surface area contributed by atoms with Crippen LogP contribution in [0, 0.1) is 0 Å². The van der Waals surface area contributed by atoms with Gasteiger partial charge in [0.15, 0.2) is 0 Å². The third kappa shape index (κ3) is 3.90. The summed E-state index contributed by atoms with van der Waals surface area (Å²) >= 11 is 0. The van der Waals surface area contributed by atoms with Crippen molar-refractivity contribution in [2.24, 2.45) is 0 Å². The van der Waals surface area contributed by atoms with Crippen molar-refractivity contribution in [2.45, 2.75) is 46.0 Å². The highest BCUT2D eigenvalue weighted by Crippen LogP contribution is 2.18. The standard InChI is InChI=1S/C16H22N4O/c1-5-6-11-7-9-12(10-8-11)17-14(21)13-18-15(20-19-13)16(2,3)4/h7-10H,5-6H2,1-4H3,(H,17,21)(H,18,19,20). The number of aryl methyl sites for hydroxylation is 1. The third-order valence-corrected chi connectivity index (χ3v) is 3.15. The van der Waals surface area contributed by atoms with E-state index in [1.54, 1.807) is 0 Å². The van der Waals surface area contributed by atoms with Crippen molar-refractivity contribution in [3.8, 4) is 0 Å². The van der Waals surface area contributed by atoms with Gasteiger partial charge >= 0.3 is 0 Å². The Hall–Kier alpha value is -2.17. The van der Waals surface area contributed by atoms with E-state index in [1.807, 2.05) is 45.0 Å². The lowest BCUT2D eigenvalue weighted by atomic mass is 9.96. The monoisotopic (exact) mass is 286 g/mol. The van der Waals surface area contributed by atoms with Gasteiger partial charge in [-0.25, -0.2) is 4.98 Å². The second kappa shape index (κ2) is 6.08. The van der Waals surface area contributed by atoms with Crippen LogP contribution < -0.4 is 5.32 Å². The maximum Gasteiger partial charge on any atom is 0.295 e. The zero-order valence-electron chi connectivity index (χ0n) is 13.0. The summed E-state index contributed by atoms with van der Waals surface area (Å²) < 4.78 is 0. The van der Waals surface area contributed by atoms with Gasteiger partial charge in [-0.15, -0.1) is 5.10 Å². The summed E-state index contributed by atoms with van der Waals surface area (Å²) in [6.07, 6.45) is 2.16. The molecule has 0 atom stereocenters. The number of aromatic amines is 1. The van der Waals surface area contributed by atoms with Crippen molar-refractivity contribution in [1.29, 1.82) is 0 Å². The highest BCUT2D eigenvalue weighted by Gasteiger charge is 2.21. The van der Waals surface area contributed by atoms with Gasteiger partial charge in [-0.3, -0.25) is 9.89 Å². The van der Waals surface area contributed by atoms with Gasteiger partial charge in [0.1, 0.15) is 5.82 Å². The number of anilines is 1. The molecule has 0 fully saturated rings. The fourth-order valence-corrected chi connectivity index (χ4v) is 1.93. The molecule has 2 N–H and O–H groups in total. The van der Waals surface area contributed by atoms with Gasteiger partial charge in [-0.05, 0) is 24.1 Å². The molecule has 0 unspecified atom stereocenters. The van der Waals surface area contributed by atoms with E-state index in [9.17, 15) is 4.79 Å². The molecule has 0 aliphatic rings. The normalized spacial score (nSPS) is 11.4. The minimum Gasteiger partial charge on any atom is -0.319 e. The van der Waals surface area contributed by atoms with E-state index in [-0.39, 0.29) is 17.1 Å². The topological polar surface area (TPSA) is 70.7 Å². The maximum absolute atomic E-state index is 12.1. The fraction of sp³-hybridized carbons (Fsp3) is 0.438. The van der Waals surface area contributed by atoms with Crippen LogP contribution in [0.25, 0.3) is 0 Å². The molecule has 0 spiro atoms. The van der Waals surface area contributed by atoms with Crippen LogP contribution in [-0.2, 0) is 11.8 Å². The molecule has 0 saturated carbocycles. The molecule has 0 bridgehead atoms. The van der Waals surface area contributed by atoms with E-state index in [0.717, 1.165) is 18.5 Å². The minimum absolute atomic E-state index is 0.159. The van der Waals surface area contributed by atoms with Crippen molar-refractivity contribution in [3.63, 3.8) is 0 Å². The zero-order valence-corrected chi connectivity index (χ0v) is 13.0. The summed E-state index contributed by atoms with van der Waals surface area (Å²) in [6, 6.07) is 7.86. The number of carbonyl (C=O) groups is 1. The summed E-state index contributed by atoms with van der Waals surface area (Å²) in [5.74, 6) is 0.563. The summed E-state index contributed by atoms with van der Waals surface area (Å²) in [6.45, 7) is 8.19. The Balaban J connectivity index is 2.05. The Kier molecular flexibility index (Phi) is 4.40. The van der Waals surface area contributed by atoms with E-state index >= 15 is 0 Å². The average Bonchev–Trinajstić information content (AvgIpc) is 2.91. The van der Waals surface area contributed by atoms with E-state index in [0.29, 0.717) is 5.82 Å². The lowest BCUT2D eigenvalue weighted by molar-refractivity contribution is 0.101. The molecule has 0 radical (unpaired) electrons. The van der Waals surface area contributed by atoms with Crippen molar-refractivity contribution >= 4 is 11.6 Å². The molecular formula is C16H22N4O. The molecular weight excluding hydrogens is 264 g/mol. The number of aromatic nitrogens is 3. The average molecular weight is 286 g/mol. The summed E-state index contributed by atoms with van der Waals surface area (Å²) in [5, 5.41) is 9.60. The van der Waals surface area contributed by atoms with Crippen LogP contribution in [0.3, 0.4) is 0 Å². The molecule has 0 aliphatic heterocycles. The molecule has 1 aromatic carbocycles. The van der Waals surface area contributed by atoms with Gasteiger partial charge in [0.25, 0.3) is 5.91 Å². The Labute approximate surface area is 125 Å². The first-order chi connectivity index (χ1) is 9.90. The Morgan fingerprint density at radius 2 is 1.90 bits per heavy atom. The number of hydrogen-bond donors (Lipinski definition) is 2. The SMILES string of the molecule is CCCc1ccc(NC(=O)c2n[nH]c(C(C)(C)C)n2)cc1. The quantitative estimate of drug-likeness (QED) is 0.905. The van der Waals surface area contributed by atoms with E-state index in [1.165, 1.54) is 5.56 Å². The second-order valence-corrected chi connectivity index (χ2v) is 6.16.